The molecule has 2 aromatic carbocycles. The Balaban J connectivity index is 2.37. The maximum atomic E-state index is 11.3. The molecule has 3 nitrogen and oxygen atoms in total. The molecule has 3 heteroatoms. The SMILES string of the molecule is COC(=O)c1ccc(-c2cc(C)cc(N)c2)cc1. The summed E-state index contributed by atoms with van der Waals surface area (Å²) in [6.07, 6.45) is 0. The lowest BCUT2D eigenvalue weighted by Crippen LogP contribution is -2.00. The van der Waals surface area contributed by atoms with E-state index in [2.05, 4.69) is 10.8 Å². The van der Waals surface area contributed by atoms with Gasteiger partial charge in [0.15, 0.2) is 0 Å². The fourth-order valence-electron chi connectivity index (χ4n) is 1.90. The molecule has 0 aliphatic heterocycles. The van der Waals surface area contributed by atoms with Crippen LogP contribution in [0.5, 0.6) is 0 Å². The second-order valence-electron chi connectivity index (χ2n) is 4.20. The minimum absolute atomic E-state index is 0.328. The van der Waals surface area contributed by atoms with Gasteiger partial charge in [0, 0.05) is 5.69 Å². The number of benzene rings is 2. The summed E-state index contributed by atoms with van der Waals surface area (Å²) in [5.74, 6) is -0.328. The second-order valence-corrected chi connectivity index (χ2v) is 4.20. The second kappa shape index (κ2) is 4.92. The average molecular weight is 241 g/mol. The zero-order valence-corrected chi connectivity index (χ0v) is 10.4. The number of carbonyl (C=O) groups is 1. The number of hydrogen-bond donors (Lipinski definition) is 1. The fraction of sp³-hybridized carbons (Fsp3) is 0.133. The molecule has 0 unspecified atom stereocenters. The van der Waals surface area contributed by atoms with Crippen molar-refractivity contribution in [2.75, 3.05) is 12.8 Å². The highest BCUT2D eigenvalue weighted by atomic mass is 16.5. The van der Waals surface area contributed by atoms with Crippen molar-refractivity contribution in [1.29, 1.82) is 0 Å². The van der Waals surface area contributed by atoms with Crippen molar-refractivity contribution in [1.82, 2.24) is 0 Å². The summed E-state index contributed by atoms with van der Waals surface area (Å²) in [6, 6.07) is 13.2. The summed E-state index contributed by atoms with van der Waals surface area (Å²) >= 11 is 0. The van der Waals surface area contributed by atoms with E-state index in [4.69, 9.17) is 5.73 Å². The van der Waals surface area contributed by atoms with Gasteiger partial charge in [-0.05, 0) is 47.9 Å². The first-order chi connectivity index (χ1) is 8.60. The number of methoxy groups -OCH3 is 1. The van der Waals surface area contributed by atoms with Crippen LogP contribution in [0.25, 0.3) is 11.1 Å². The Hall–Kier alpha value is -2.29. The van der Waals surface area contributed by atoms with E-state index >= 15 is 0 Å². The zero-order valence-electron chi connectivity index (χ0n) is 10.4. The van der Waals surface area contributed by atoms with Crippen LogP contribution in [0.15, 0.2) is 42.5 Å². The molecule has 0 fully saturated rings. The fourth-order valence-corrected chi connectivity index (χ4v) is 1.90. The molecule has 2 rings (SSSR count). The lowest BCUT2D eigenvalue weighted by molar-refractivity contribution is 0.0601. The van der Waals surface area contributed by atoms with Gasteiger partial charge >= 0.3 is 5.97 Å². The van der Waals surface area contributed by atoms with Crippen LogP contribution < -0.4 is 5.73 Å². The largest absolute Gasteiger partial charge is 0.465 e. The van der Waals surface area contributed by atoms with Crippen molar-refractivity contribution in [3.05, 3.63) is 53.6 Å². The Bertz CT molecular complexity index is 553. The summed E-state index contributed by atoms with van der Waals surface area (Å²) in [7, 11) is 1.37. The van der Waals surface area contributed by atoms with Crippen LogP contribution in [-0.4, -0.2) is 13.1 Å². The van der Waals surface area contributed by atoms with Crippen molar-refractivity contribution in [2.45, 2.75) is 6.92 Å². The van der Waals surface area contributed by atoms with Gasteiger partial charge < -0.3 is 10.5 Å². The molecular weight excluding hydrogens is 226 g/mol. The third-order valence-electron chi connectivity index (χ3n) is 2.74. The number of rotatable bonds is 2. The van der Waals surface area contributed by atoms with Gasteiger partial charge in [-0.25, -0.2) is 4.79 Å². The number of nitrogens with two attached hydrogens (primary N) is 1. The first kappa shape index (κ1) is 12.2. The van der Waals surface area contributed by atoms with E-state index in [1.54, 1.807) is 12.1 Å². The van der Waals surface area contributed by atoms with Crippen molar-refractivity contribution in [2.24, 2.45) is 0 Å². The van der Waals surface area contributed by atoms with Crippen molar-refractivity contribution < 1.29 is 9.53 Å². The molecule has 0 radical (unpaired) electrons. The molecule has 0 atom stereocenters. The van der Waals surface area contributed by atoms with Gasteiger partial charge in [0.25, 0.3) is 0 Å². The summed E-state index contributed by atoms with van der Waals surface area (Å²) in [5, 5.41) is 0. The van der Waals surface area contributed by atoms with Gasteiger partial charge in [0.1, 0.15) is 0 Å². The topological polar surface area (TPSA) is 52.3 Å². The third kappa shape index (κ3) is 2.51. The van der Waals surface area contributed by atoms with Gasteiger partial charge in [-0.3, -0.25) is 0 Å². The Labute approximate surface area is 106 Å². The molecule has 0 amide bonds. The quantitative estimate of drug-likeness (QED) is 0.649. The number of anilines is 1. The van der Waals surface area contributed by atoms with E-state index in [0.29, 0.717) is 5.56 Å². The first-order valence-electron chi connectivity index (χ1n) is 5.66. The van der Waals surface area contributed by atoms with Crippen molar-refractivity contribution in [3.8, 4) is 11.1 Å². The molecule has 2 N–H and O–H groups in total. The Kier molecular flexibility index (Phi) is 3.33. The molecule has 0 aliphatic rings. The smallest absolute Gasteiger partial charge is 0.337 e. The summed E-state index contributed by atoms with van der Waals surface area (Å²) in [5.41, 5.74) is 10.3. The first-order valence-corrected chi connectivity index (χ1v) is 5.66. The number of hydrogen-bond acceptors (Lipinski definition) is 3. The number of esters is 1. The number of aryl methyl sites for hydroxylation is 1. The highest BCUT2D eigenvalue weighted by Crippen LogP contribution is 2.23. The molecule has 0 saturated carbocycles. The number of nitrogen functional groups attached to an aromatic ring is 1. The maximum Gasteiger partial charge on any atom is 0.337 e. The van der Waals surface area contributed by atoms with Gasteiger partial charge in [0.2, 0.25) is 0 Å². The number of ether oxygens (including phenoxy) is 1. The van der Waals surface area contributed by atoms with Gasteiger partial charge in [-0.15, -0.1) is 0 Å². The van der Waals surface area contributed by atoms with Crippen LogP contribution in [0.2, 0.25) is 0 Å². The molecular formula is C15H15NO2. The molecule has 0 heterocycles. The highest BCUT2D eigenvalue weighted by molar-refractivity contribution is 5.90. The molecule has 0 aliphatic carbocycles. The van der Waals surface area contributed by atoms with Crippen LogP contribution in [0.1, 0.15) is 15.9 Å². The van der Waals surface area contributed by atoms with Crippen LogP contribution in [0, 0.1) is 6.92 Å². The Morgan fingerprint density at radius 1 is 1.06 bits per heavy atom. The number of carbonyl (C=O) groups excluding carboxylic acids is 1. The maximum absolute atomic E-state index is 11.3. The lowest BCUT2D eigenvalue weighted by atomic mass is 10.0. The molecule has 0 bridgehead atoms. The minimum atomic E-state index is -0.328. The van der Waals surface area contributed by atoms with Gasteiger partial charge in [-0.1, -0.05) is 18.2 Å². The summed E-state index contributed by atoms with van der Waals surface area (Å²) in [6.45, 7) is 2.00. The van der Waals surface area contributed by atoms with E-state index in [1.807, 2.05) is 31.2 Å². The normalized spacial score (nSPS) is 10.1. The van der Waals surface area contributed by atoms with Gasteiger partial charge in [-0.2, -0.15) is 0 Å². The third-order valence-corrected chi connectivity index (χ3v) is 2.74. The van der Waals surface area contributed by atoms with Gasteiger partial charge in [0.05, 0.1) is 12.7 Å². The molecule has 0 saturated heterocycles. The van der Waals surface area contributed by atoms with E-state index in [0.717, 1.165) is 22.4 Å². The summed E-state index contributed by atoms with van der Waals surface area (Å²) < 4.78 is 4.66. The van der Waals surface area contributed by atoms with Crippen molar-refractivity contribution >= 4 is 11.7 Å². The zero-order chi connectivity index (χ0) is 13.1. The van der Waals surface area contributed by atoms with Crippen LogP contribution >= 0.6 is 0 Å². The monoisotopic (exact) mass is 241 g/mol. The highest BCUT2D eigenvalue weighted by Gasteiger charge is 2.05. The van der Waals surface area contributed by atoms with E-state index in [9.17, 15) is 4.79 Å². The van der Waals surface area contributed by atoms with Crippen LogP contribution in [0.3, 0.4) is 0 Å². The molecule has 2 aromatic rings. The van der Waals surface area contributed by atoms with E-state index in [1.165, 1.54) is 7.11 Å². The van der Waals surface area contributed by atoms with Crippen molar-refractivity contribution in [3.63, 3.8) is 0 Å². The standard InChI is InChI=1S/C15H15NO2/c1-10-7-13(9-14(16)8-10)11-3-5-12(6-4-11)15(17)18-2/h3-9H,16H2,1-2H3. The van der Waals surface area contributed by atoms with E-state index < -0.39 is 0 Å². The van der Waals surface area contributed by atoms with Crippen LogP contribution in [0.4, 0.5) is 5.69 Å². The predicted molar refractivity (Wildman–Crippen MR) is 72.4 cm³/mol. The lowest BCUT2D eigenvalue weighted by Gasteiger charge is -2.06. The molecule has 18 heavy (non-hydrogen) atoms. The Morgan fingerprint density at radius 2 is 1.72 bits per heavy atom. The van der Waals surface area contributed by atoms with E-state index in [-0.39, 0.29) is 5.97 Å². The molecule has 92 valence electrons. The van der Waals surface area contributed by atoms with Crippen LogP contribution in [-0.2, 0) is 4.74 Å². The predicted octanol–water partition coefficient (Wildman–Crippen LogP) is 3.03. The minimum Gasteiger partial charge on any atom is -0.465 e. The molecule has 0 spiro atoms. The Morgan fingerprint density at radius 3 is 2.28 bits per heavy atom. The molecule has 0 aromatic heterocycles. The average Bonchev–Trinajstić information content (AvgIpc) is 2.37. The summed E-state index contributed by atoms with van der Waals surface area (Å²) in [4.78, 5) is 11.3.